The summed E-state index contributed by atoms with van der Waals surface area (Å²) in [5, 5.41) is 5.49. The molecule has 2 N–H and O–H groups in total. The van der Waals surface area contributed by atoms with Gasteiger partial charge in [-0.1, -0.05) is 0 Å². The molecule has 1 fully saturated rings. The third kappa shape index (κ3) is 5.80. The molecule has 0 atom stereocenters. The predicted octanol–water partition coefficient (Wildman–Crippen LogP) is 5.54. The Kier molecular flexibility index (Phi) is 8.00. The van der Waals surface area contributed by atoms with Crippen LogP contribution in [0.5, 0.6) is 0 Å². The highest BCUT2D eigenvalue weighted by Crippen LogP contribution is 2.45. The van der Waals surface area contributed by atoms with Crippen LogP contribution in [0.2, 0.25) is 0 Å². The van der Waals surface area contributed by atoms with Crippen molar-refractivity contribution in [3.8, 4) is 22.5 Å². The van der Waals surface area contributed by atoms with Gasteiger partial charge in [0.1, 0.15) is 22.7 Å². The van der Waals surface area contributed by atoms with Gasteiger partial charge in [0.25, 0.3) is 11.8 Å². The molecule has 2 aromatic heterocycles. The van der Waals surface area contributed by atoms with Gasteiger partial charge in [-0.25, -0.2) is 31.6 Å². The first-order chi connectivity index (χ1) is 22.4. The number of halogens is 3. The Bertz CT molecular complexity index is 2150. The normalized spacial score (nSPS) is 13.7. The molecule has 0 unspecified atom stereocenters. The molecular formula is C33H28F3N5O5S. The minimum atomic E-state index is -3.93. The minimum Gasteiger partial charge on any atom is -0.455 e. The Balaban J connectivity index is 1.56. The first-order valence-electron chi connectivity index (χ1n) is 14.5. The predicted molar refractivity (Wildman–Crippen MR) is 169 cm³/mol. The molecule has 0 saturated heterocycles. The molecule has 1 aliphatic rings. The van der Waals surface area contributed by atoms with E-state index in [-0.39, 0.29) is 45.7 Å². The number of hydrogen-bond acceptors (Lipinski definition) is 7. The maximum atomic E-state index is 15.3. The molecular weight excluding hydrogens is 635 g/mol. The van der Waals surface area contributed by atoms with E-state index >= 15 is 8.78 Å². The van der Waals surface area contributed by atoms with Gasteiger partial charge in [0.2, 0.25) is 10.0 Å². The van der Waals surface area contributed by atoms with Gasteiger partial charge in [0.15, 0.2) is 17.5 Å². The number of anilines is 1. The highest BCUT2D eigenvalue weighted by molar-refractivity contribution is 7.92. The van der Waals surface area contributed by atoms with Crippen LogP contribution in [0.15, 0.2) is 71.4 Å². The maximum absolute atomic E-state index is 15.3. The molecule has 0 radical (unpaired) electrons. The van der Waals surface area contributed by atoms with Gasteiger partial charge < -0.3 is 15.1 Å². The summed E-state index contributed by atoms with van der Waals surface area (Å²) >= 11 is 0. The standard InChI is InChI=1S/C33H28F3N5O5S/c1-4-41(47(3,44)45)25-17-26-22(27(31(43)37-2)29(46-26)18-6-8-20(34)9-7-18)16-21(25)19-14-23(28(36)24(35)15-19)30(42)40-33(10-11-33)32-38-12-5-13-39-32/h5-9,12-17H,4,10-11H2,1-3H3,(H,37,43)(H,40,42). The number of sulfonamides is 1. The summed E-state index contributed by atoms with van der Waals surface area (Å²) in [4.78, 5) is 35.1. The molecule has 2 amide bonds. The van der Waals surface area contributed by atoms with Crippen LogP contribution in [0.4, 0.5) is 18.9 Å². The molecule has 0 aliphatic heterocycles. The lowest BCUT2D eigenvalue weighted by atomic mass is 9.96. The highest BCUT2D eigenvalue weighted by Gasteiger charge is 2.48. The Morgan fingerprint density at radius 1 is 0.979 bits per heavy atom. The quantitative estimate of drug-likeness (QED) is 0.212. The fourth-order valence-electron chi connectivity index (χ4n) is 5.58. The van der Waals surface area contributed by atoms with Crippen molar-refractivity contribution in [1.82, 2.24) is 20.6 Å². The monoisotopic (exact) mass is 663 g/mol. The average Bonchev–Trinajstić information content (AvgIpc) is 3.73. The van der Waals surface area contributed by atoms with Crippen LogP contribution in [0.1, 0.15) is 46.3 Å². The molecule has 6 rings (SSSR count). The van der Waals surface area contributed by atoms with Gasteiger partial charge in [-0.2, -0.15) is 0 Å². The number of nitrogens with zero attached hydrogens (tertiary/aromatic N) is 3. The van der Waals surface area contributed by atoms with Crippen molar-refractivity contribution in [2.45, 2.75) is 25.3 Å². The average molecular weight is 664 g/mol. The summed E-state index contributed by atoms with van der Waals surface area (Å²) in [5.74, 6) is -4.34. The third-order valence-corrected chi connectivity index (χ3v) is 9.26. The first kappa shape index (κ1) is 31.7. The Morgan fingerprint density at radius 3 is 2.26 bits per heavy atom. The molecule has 1 saturated carbocycles. The van der Waals surface area contributed by atoms with E-state index in [1.165, 1.54) is 55.8 Å². The van der Waals surface area contributed by atoms with Gasteiger partial charge in [-0.05, 0) is 73.9 Å². The lowest BCUT2D eigenvalue weighted by Crippen LogP contribution is -2.36. The topological polar surface area (TPSA) is 134 Å². The molecule has 242 valence electrons. The summed E-state index contributed by atoms with van der Waals surface area (Å²) in [6, 6.07) is 11.6. The van der Waals surface area contributed by atoms with E-state index in [2.05, 4.69) is 20.6 Å². The molecule has 1 aliphatic carbocycles. The van der Waals surface area contributed by atoms with E-state index in [0.717, 1.165) is 22.7 Å². The van der Waals surface area contributed by atoms with E-state index in [1.807, 2.05) is 0 Å². The number of furan rings is 1. The minimum absolute atomic E-state index is 0.0269. The molecule has 10 nitrogen and oxygen atoms in total. The molecule has 2 heterocycles. The van der Waals surface area contributed by atoms with E-state index in [9.17, 15) is 22.4 Å². The fourth-order valence-corrected chi connectivity index (χ4v) is 6.56. The number of carbonyl (C=O) groups excluding carboxylic acids is 2. The maximum Gasteiger partial charge on any atom is 0.255 e. The van der Waals surface area contributed by atoms with Crippen molar-refractivity contribution in [3.05, 3.63) is 101 Å². The van der Waals surface area contributed by atoms with Gasteiger partial charge >= 0.3 is 0 Å². The lowest BCUT2D eigenvalue weighted by Gasteiger charge is -2.24. The first-order valence-corrected chi connectivity index (χ1v) is 16.4. The van der Waals surface area contributed by atoms with Gasteiger partial charge in [0.05, 0.1) is 23.1 Å². The SMILES string of the molecule is CCN(c1cc2oc(-c3ccc(F)cc3)c(C(=O)NC)c2cc1-c1cc(F)c(F)c(C(=O)NC2(c3ncccn3)CC2)c1)S(C)(=O)=O. The number of amides is 2. The second-order valence-corrected chi connectivity index (χ2v) is 13.0. The number of nitrogens with one attached hydrogen (secondary N) is 2. The number of benzene rings is 3. The van der Waals surface area contributed by atoms with Crippen molar-refractivity contribution >= 4 is 38.5 Å². The van der Waals surface area contributed by atoms with Gasteiger partial charge in [-0.15, -0.1) is 0 Å². The van der Waals surface area contributed by atoms with Crippen molar-refractivity contribution in [3.63, 3.8) is 0 Å². The Hall–Kier alpha value is -5.24. The molecule has 14 heteroatoms. The number of carbonyl (C=O) groups is 2. The largest absolute Gasteiger partial charge is 0.455 e. The van der Waals surface area contributed by atoms with E-state index in [4.69, 9.17) is 4.42 Å². The van der Waals surface area contributed by atoms with Crippen molar-refractivity contribution in [2.75, 3.05) is 24.2 Å². The van der Waals surface area contributed by atoms with Crippen molar-refractivity contribution in [2.24, 2.45) is 0 Å². The Labute approximate surface area is 267 Å². The van der Waals surface area contributed by atoms with Crippen molar-refractivity contribution in [1.29, 1.82) is 0 Å². The molecule has 3 aromatic carbocycles. The highest BCUT2D eigenvalue weighted by atomic mass is 32.2. The second kappa shape index (κ2) is 11.8. The smallest absolute Gasteiger partial charge is 0.255 e. The summed E-state index contributed by atoms with van der Waals surface area (Å²) in [6.07, 6.45) is 4.99. The Morgan fingerprint density at radius 2 is 1.66 bits per heavy atom. The van der Waals surface area contributed by atoms with Crippen molar-refractivity contribution < 1.29 is 35.6 Å². The van der Waals surface area contributed by atoms with Gasteiger partial charge in [-0.3, -0.25) is 13.9 Å². The molecule has 47 heavy (non-hydrogen) atoms. The van der Waals surface area contributed by atoms with Crippen LogP contribution >= 0.6 is 0 Å². The van der Waals surface area contributed by atoms with Crippen LogP contribution < -0.4 is 14.9 Å². The zero-order valence-electron chi connectivity index (χ0n) is 25.4. The van der Waals surface area contributed by atoms with E-state index < -0.39 is 50.4 Å². The summed E-state index contributed by atoms with van der Waals surface area (Å²) < 4.78 is 77.3. The second-order valence-electron chi connectivity index (χ2n) is 11.1. The van der Waals surface area contributed by atoms with E-state index in [1.54, 1.807) is 13.0 Å². The lowest BCUT2D eigenvalue weighted by molar-refractivity contribution is 0.0921. The third-order valence-electron chi connectivity index (χ3n) is 8.00. The van der Waals surface area contributed by atoms with Crippen LogP contribution in [-0.4, -0.2) is 50.0 Å². The summed E-state index contributed by atoms with van der Waals surface area (Å²) in [7, 11) is -2.53. The van der Waals surface area contributed by atoms with Gasteiger partial charge in [0, 0.05) is 48.6 Å². The van der Waals surface area contributed by atoms with Crippen LogP contribution in [0.3, 0.4) is 0 Å². The zero-order valence-corrected chi connectivity index (χ0v) is 26.2. The number of aromatic nitrogens is 2. The molecule has 5 aromatic rings. The number of rotatable bonds is 9. The molecule has 0 spiro atoms. The summed E-state index contributed by atoms with van der Waals surface area (Å²) in [6.45, 7) is 1.53. The number of fused-ring (bicyclic) bond motifs is 1. The molecule has 0 bridgehead atoms. The number of hydrogen-bond donors (Lipinski definition) is 2. The van der Waals surface area contributed by atoms with E-state index in [0.29, 0.717) is 24.2 Å². The van der Waals surface area contributed by atoms with Crippen LogP contribution in [0.25, 0.3) is 33.4 Å². The zero-order chi connectivity index (χ0) is 33.7. The fraction of sp³-hybridized carbons (Fsp3) is 0.212. The van der Waals surface area contributed by atoms with Crippen LogP contribution in [-0.2, 0) is 15.6 Å². The van der Waals surface area contributed by atoms with Crippen LogP contribution in [0, 0.1) is 17.5 Å². The summed E-state index contributed by atoms with van der Waals surface area (Å²) in [5.41, 5.74) is -0.996.